The molecule has 27 heavy (non-hydrogen) atoms. The number of carbonyl (C=O) groups is 1. The number of ether oxygens (including phenoxy) is 1. The molecule has 0 atom stereocenters. The van der Waals surface area contributed by atoms with Crippen molar-refractivity contribution in [3.8, 4) is 11.4 Å². The van der Waals surface area contributed by atoms with E-state index in [1.165, 1.54) is 10.9 Å². The molecule has 7 nitrogen and oxygen atoms in total. The first-order valence-electron chi connectivity index (χ1n) is 8.43. The Kier molecular flexibility index (Phi) is 5.51. The highest BCUT2D eigenvalue weighted by Gasteiger charge is 2.10. The Hall–Kier alpha value is -3.61. The highest BCUT2D eigenvalue weighted by Crippen LogP contribution is 2.11. The van der Waals surface area contributed by atoms with Crippen molar-refractivity contribution in [1.82, 2.24) is 15.2 Å². The van der Waals surface area contributed by atoms with E-state index in [1.54, 1.807) is 19.1 Å². The predicted octanol–water partition coefficient (Wildman–Crippen LogP) is 2.31. The van der Waals surface area contributed by atoms with Crippen LogP contribution in [0.25, 0.3) is 5.69 Å². The van der Waals surface area contributed by atoms with Gasteiger partial charge in [-0.3, -0.25) is 14.7 Å². The second-order valence-electron chi connectivity index (χ2n) is 6.02. The van der Waals surface area contributed by atoms with Crippen molar-refractivity contribution in [3.63, 3.8) is 0 Å². The molecule has 0 unspecified atom stereocenters. The van der Waals surface area contributed by atoms with Crippen LogP contribution in [0.5, 0.6) is 5.75 Å². The molecular weight excluding hydrogens is 344 g/mol. The molecule has 1 heterocycles. The first kappa shape index (κ1) is 18.2. The third kappa shape index (κ3) is 4.52. The summed E-state index contributed by atoms with van der Waals surface area (Å²) < 4.78 is 6.81. The molecule has 0 spiro atoms. The van der Waals surface area contributed by atoms with E-state index < -0.39 is 5.91 Å². The summed E-state index contributed by atoms with van der Waals surface area (Å²) >= 11 is 0. The summed E-state index contributed by atoms with van der Waals surface area (Å²) in [6.07, 6.45) is 1.33. The molecule has 2 N–H and O–H groups in total. The zero-order valence-corrected chi connectivity index (χ0v) is 15.1. The van der Waals surface area contributed by atoms with Crippen LogP contribution in [-0.4, -0.2) is 28.5 Å². The third-order valence-electron chi connectivity index (χ3n) is 3.91. The zero-order chi connectivity index (χ0) is 19.2. The highest BCUT2D eigenvalue weighted by atomic mass is 16.5. The number of amides is 1. The second kappa shape index (κ2) is 8.18. The van der Waals surface area contributed by atoms with E-state index in [1.807, 2.05) is 49.4 Å². The number of hydrazone groups is 1. The Morgan fingerprint density at radius 1 is 1.15 bits per heavy atom. The van der Waals surface area contributed by atoms with Gasteiger partial charge >= 0.3 is 0 Å². The number of rotatable bonds is 6. The van der Waals surface area contributed by atoms with Crippen LogP contribution in [0.3, 0.4) is 0 Å². The summed E-state index contributed by atoms with van der Waals surface area (Å²) in [5.74, 6) is 0.190. The minimum atomic E-state index is -0.414. The maximum absolute atomic E-state index is 12.5. The number of carbonyl (C=O) groups excluding carboxylic acids is 1. The van der Waals surface area contributed by atoms with Crippen molar-refractivity contribution >= 4 is 12.1 Å². The average Bonchev–Trinajstić information content (AvgIpc) is 2.96. The maximum atomic E-state index is 12.5. The molecule has 0 saturated carbocycles. The molecule has 0 aliphatic rings. The van der Waals surface area contributed by atoms with E-state index in [9.17, 15) is 9.59 Å². The molecule has 0 saturated heterocycles. The highest BCUT2D eigenvalue weighted by molar-refractivity contribution is 5.83. The van der Waals surface area contributed by atoms with Crippen LogP contribution in [0.4, 0.5) is 0 Å². The van der Waals surface area contributed by atoms with Gasteiger partial charge in [0.2, 0.25) is 0 Å². The van der Waals surface area contributed by atoms with Crippen molar-refractivity contribution in [2.75, 3.05) is 6.61 Å². The smallest absolute Gasteiger partial charge is 0.280 e. The van der Waals surface area contributed by atoms with Gasteiger partial charge in [-0.05, 0) is 38.1 Å². The summed E-state index contributed by atoms with van der Waals surface area (Å²) in [5.41, 5.74) is 4.97. The van der Waals surface area contributed by atoms with Crippen LogP contribution in [0.2, 0.25) is 0 Å². The molecule has 3 rings (SSSR count). The third-order valence-corrected chi connectivity index (χ3v) is 3.91. The lowest BCUT2D eigenvalue weighted by molar-refractivity contribution is -0.123. The van der Waals surface area contributed by atoms with Crippen LogP contribution >= 0.6 is 0 Å². The van der Waals surface area contributed by atoms with E-state index in [-0.39, 0.29) is 12.2 Å². The zero-order valence-electron chi connectivity index (χ0n) is 15.1. The Balaban J connectivity index is 1.61. The van der Waals surface area contributed by atoms with Gasteiger partial charge in [0.1, 0.15) is 5.75 Å². The first-order chi connectivity index (χ1) is 13.0. The lowest BCUT2D eigenvalue weighted by atomic mass is 10.2. The van der Waals surface area contributed by atoms with Crippen LogP contribution in [0.15, 0.2) is 64.5 Å². The maximum Gasteiger partial charge on any atom is 0.280 e. The van der Waals surface area contributed by atoms with Gasteiger partial charge in [0.15, 0.2) is 6.61 Å². The fourth-order valence-corrected chi connectivity index (χ4v) is 2.45. The second-order valence-corrected chi connectivity index (χ2v) is 6.02. The lowest BCUT2D eigenvalue weighted by Crippen LogP contribution is -2.25. The fourth-order valence-electron chi connectivity index (χ4n) is 2.45. The number of benzene rings is 2. The van der Waals surface area contributed by atoms with Crippen LogP contribution < -0.4 is 15.7 Å². The molecule has 1 aromatic heterocycles. The summed E-state index contributed by atoms with van der Waals surface area (Å²) in [6.45, 7) is 3.57. The first-order valence-corrected chi connectivity index (χ1v) is 8.43. The molecule has 138 valence electrons. The Morgan fingerprint density at radius 3 is 2.56 bits per heavy atom. The molecule has 0 radical (unpaired) electrons. The van der Waals surface area contributed by atoms with Crippen LogP contribution in [0, 0.1) is 13.8 Å². The van der Waals surface area contributed by atoms with Gasteiger partial charge in [-0.15, -0.1) is 0 Å². The minimum Gasteiger partial charge on any atom is -0.484 e. The normalized spacial score (nSPS) is 10.9. The molecule has 1 amide bonds. The number of aromatic nitrogens is 2. The number of nitrogens with one attached hydrogen (secondary N) is 2. The quantitative estimate of drug-likeness (QED) is 0.520. The molecule has 0 fully saturated rings. The van der Waals surface area contributed by atoms with E-state index in [4.69, 9.17) is 4.74 Å². The number of aromatic amines is 1. The van der Waals surface area contributed by atoms with Crippen molar-refractivity contribution in [2.45, 2.75) is 13.8 Å². The number of nitrogens with zero attached hydrogens (tertiary/aromatic N) is 2. The molecule has 0 bridgehead atoms. The van der Waals surface area contributed by atoms with E-state index in [0.717, 1.165) is 11.3 Å². The number of H-pyrrole nitrogens is 1. The van der Waals surface area contributed by atoms with Gasteiger partial charge in [-0.2, -0.15) is 5.10 Å². The number of aryl methyl sites for hydroxylation is 2. The van der Waals surface area contributed by atoms with Crippen LogP contribution in [-0.2, 0) is 4.79 Å². The molecular formula is C20H20N4O3. The van der Waals surface area contributed by atoms with Gasteiger partial charge in [-0.25, -0.2) is 10.1 Å². The summed E-state index contributed by atoms with van der Waals surface area (Å²) in [5, 5.41) is 6.85. The molecule has 7 heteroatoms. The van der Waals surface area contributed by atoms with Crippen molar-refractivity contribution < 1.29 is 9.53 Å². The predicted molar refractivity (Wildman–Crippen MR) is 104 cm³/mol. The SMILES string of the molecule is Cc1ccc(OCC(=O)N/N=C/c2c(C)[nH]n(-c3ccccc3)c2=O)cc1. The molecule has 0 aliphatic carbocycles. The monoisotopic (exact) mass is 364 g/mol. The van der Waals surface area contributed by atoms with E-state index in [2.05, 4.69) is 15.6 Å². The lowest BCUT2D eigenvalue weighted by Gasteiger charge is -2.04. The largest absolute Gasteiger partial charge is 0.484 e. The summed E-state index contributed by atoms with van der Waals surface area (Å²) in [6, 6.07) is 16.6. The van der Waals surface area contributed by atoms with Gasteiger partial charge in [0.05, 0.1) is 17.5 Å². The molecule has 3 aromatic rings. The van der Waals surface area contributed by atoms with Gasteiger partial charge in [-0.1, -0.05) is 35.9 Å². The molecule has 2 aromatic carbocycles. The number of hydrogen-bond acceptors (Lipinski definition) is 4. The average molecular weight is 364 g/mol. The standard InChI is InChI=1S/C20H20N4O3/c1-14-8-10-17(11-9-14)27-13-19(25)22-21-12-18-15(2)23-24(20(18)26)16-6-4-3-5-7-16/h3-12,23H,13H2,1-2H3,(H,22,25)/b21-12+. The van der Waals surface area contributed by atoms with Crippen molar-refractivity contribution in [3.05, 3.63) is 81.8 Å². The number of para-hydroxylation sites is 1. The minimum absolute atomic E-state index is 0.166. The molecule has 0 aliphatic heterocycles. The summed E-state index contributed by atoms with van der Waals surface area (Å²) in [4.78, 5) is 24.3. The van der Waals surface area contributed by atoms with Crippen molar-refractivity contribution in [2.24, 2.45) is 5.10 Å². The van der Waals surface area contributed by atoms with E-state index in [0.29, 0.717) is 17.0 Å². The van der Waals surface area contributed by atoms with Crippen molar-refractivity contribution in [1.29, 1.82) is 0 Å². The van der Waals surface area contributed by atoms with E-state index >= 15 is 0 Å². The Morgan fingerprint density at radius 2 is 1.85 bits per heavy atom. The fraction of sp³-hybridized carbons (Fsp3) is 0.150. The van der Waals surface area contributed by atoms with Gasteiger partial charge in [0, 0.05) is 5.69 Å². The Bertz CT molecular complexity index is 1000. The Labute approximate surface area is 156 Å². The van der Waals surface area contributed by atoms with Gasteiger partial charge in [0.25, 0.3) is 11.5 Å². The van der Waals surface area contributed by atoms with Crippen LogP contribution in [0.1, 0.15) is 16.8 Å². The number of hydrogen-bond donors (Lipinski definition) is 2. The topological polar surface area (TPSA) is 88.5 Å². The summed E-state index contributed by atoms with van der Waals surface area (Å²) in [7, 11) is 0. The van der Waals surface area contributed by atoms with Gasteiger partial charge < -0.3 is 4.74 Å².